The smallest absolute Gasteiger partial charge is 0.426 e. The zero-order chi connectivity index (χ0) is 24.7. The number of benzene rings is 2. The number of nitrogens with zero attached hydrogens (tertiary/aromatic N) is 1. The van der Waals surface area contributed by atoms with Gasteiger partial charge in [0.15, 0.2) is 0 Å². The molecule has 0 saturated carbocycles. The van der Waals surface area contributed by atoms with Crippen LogP contribution in [0.4, 0.5) is 10.5 Å². The molecular formula is C23H24ClN3O5S2. The zero-order valence-electron chi connectivity index (χ0n) is 18.7. The number of fused-ring (bicyclic) bond motifs is 1. The normalized spacial score (nSPS) is 18.5. The van der Waals surface area contributed by atoms with Gasteiger partial charge in [-0.25, -0.2) is 15.2 Å². The van der Waals surface area contributed by atoms with Gasteiger partial charge in [0.2, 0.25) is 5.09 Å². The van der Waals surface area contributed by atoms with Crippen LogP contribution in [-0.4, -0.2) is 35.9 Å². The second-order valence-corrected chi connectivity index (χ2v) is 12.0. The quantitative estimate of drug-likeness (QED) is 0.353. The van der Waals surface area contributed by atoms with Crippen molar-refractivity contribution < 1.29 is 22.7 Å². The summed E-state index contributed by atoms with van der Waals surface area (Å²) in [7, 11) is -4.02. The number of thioether (sulfide) groups is 1. The van der Waals surface area contributed by atoms with Crippen molar-refractivity contribution in [2.75, 3.05) is 10.5 Å². The number of hydrogen-bond donors (Lipinski definition) is 3. The lowest BCUT2D eigenvalue weighted by Crippen LogP contribution is -2.57. The van der Waals surface area contributed by atoms with E-state index in [0.717, 1.165) is 5.01 Å². The van der Waals surface area contributed by atoms with Gasteiger partial charge in [0.1, 0.15) is 5.58 Å². The molecule has 1 unspecified atom stereocenters. The topological polar surface area (TPSA) is 112 Å². The lowest BCUT2D eigenvalue weighted by molar-refractivity contribution is 0.110. The minimum atomic E-state index is -4.02. The highest BCUT2D eigenvalue weighted by Crippen LogP contribution is 2.41. The van der Waals surface area contributed by atoms with E-state index >= 15 is 0 Å². The molecule has 1 aliphatic rings. The summed E-state index contributed by atoms with van der Waals surface area (Å²) in [6.07, 6.45) is 2.20. The number of amides is 1. The van der Waals surface area contributed by atoms with Gasteiger partial charge in [0.25, 0.3) is 10.0 Å². The third-order valence-electron chi connectivity index (χ3n) is 5.68. The van der Waals surface area contributed by atoms with E-state index in [9.17, 15) is 18.3 Å². The first kappa shape index (κ1) is 24.5. The molecule has 8 nitrogen and oxygen atoms in total. The largest absolute Gasteiger partial charge is 0.464 e. The standard InChI is InChI=1S/C23H24ClN3O5S2/c1-22(2,3)23(10-11-27(26-23)21(28)29)14-33-19-9-8-16(24)13-17(19)25-34(30,31)20-12-15-6-4-5-7-18(15)32-20/h4-13,25-26H,14H2,1-3H3,(H,28,29). The summed E-state index contributed by atoms with van der Waals surface area (Å²) in [5, 5.41) is 11.2. The number of sulfonamides is 1. The van der Waals surface area contributed by atoms with E-state index in [1.54, 1.807) is 36.4 Å². The number of hydrogen-bond acceptors (Lipinski definition) is 6. The van der Waals surface area contributed by atoms with Crippen LogP contribution in [0.2, 0.25) is 5.02 Å². The van der Waals surface area contributed by atoms with Gasteiger partial charge in [-0.1, -0.05) is 50.6 Å². The molecule has 4 rings (SSSR count). The van der Waals surface area contributed by atoms with E-state index in [4.69, 9.17) is 16.0 Å². The van der Waals surface area contributed by atoms with Crippen LogP contribution in [0.5, 0.6) is 0 Å². The molecule has 1 aromatic heterocycles. The lowest BCUT2D eigenvalue weighted by Gasteiger charge is -2.41. The van der Waals surface area contributed by atoms with E-state index in [1.165, 1.54) is 30.1 Å². The Morgan fingerprint density at radius 1 is 1.24 bits per heavy atom. The highest BCUT2D eigenvalue weighted by atomic mass is 35.5. The molecule has 2 heterocycles. The Balaban J connectivity index is 1.61. The summed E-state index contributed by atoms with van der Waals surface area (Å²) in [6, 6.07) is 13.4. The number of furan rings is 1. The monoisotopic (exact) mass is 521 g/mol. The van der Waals surface area contributed by atoms with Gasteiger partial charge < -0.3 is 9.52 Å². The number of rotatable bonds is 6. The van der Waals surface area contributed by atoms with Gasteiger partial charge in [-0.15, -0.1) is 11.8 Å². The molecule has 0 spiro atoms. The molecule has 34 heavy (non-hydrogen) atoms. The maximum atomic E-state index is 13.1. The van der Waals surface area contributed by atoms with Gasteiger partial charge in [-0.2, -0.15) is 8.42 Å². The van der Waals surface area contributed by atoms with Crippen molar-refractivity contribution in [2.45, 2.75) is 36.3 Å². The molecule has 3 N–H and O–H groups in total. The van der Waals surface area contributed by atoms with Crippen molar-refractivity contribution in [3.8, 4) is 0 Å². The SMILES string of the molecule is CC(C)(C)C1(CSc2ccc(Cl)cc2NS(=O)(=O)c2cc3ccccc3o2)C=CN(C(=O)O)N1. The molecule has 0 radical (unpaired) electrons. The average molecular weight is 522 g/mol. The number of carboxylic acid groups (broad SMARTS) is 1. The number of nitrogens with one attached hydrogen (secondary N) is 2. The molecule has 180 valence electrons. The summed E-state index contributed by atoms with van der Waals surface area (Å²) >= 11 is 7.56. The molecule has 0 fully saturated rings. The van der Waals surface area contributed by atoms with Crippen molar-refractivity contribution in [2.24, 2.45) is 5.41 Å². The van der Waals surface area contributed by atoms with Crippen molar-refractivity contribution in [3.63, 3.8) is 0 Å². The molecular weight excluding hydrogens is 498 g/mol. The average Bonchev–Trinajstić information content (AvgIpc) is 3.38. The van der Waals surface area contributed by atoms with E-state index < -0.39 is 21.7 Å². The number of halogens is 1. The highest BCUT2D eigenvalue weighted by molar-refractivity contribution is 7.99. The fourth-order valence-electron chi connectivity index (χ4n) is 3.50. The number of hydrazine groups is 1. The summed E-state index contributed by atoms with van der Waals surface area (Å²) in [6.45, 7) is 6.01. The van der Waals surface area contributed by atoms with Crippen LogP contribution in [0.25, 0.3) is 11.0 Å². The Kier molecular flexibility index (Phi) is 6.36. The Morgan fingerprint density at radius 2 is 1.97 bits per heavy atom. The molecule has 2 aromatic carbocycles. The molecule has 0 bridgehead atoms. The molecule has 3 aromatic rings. The van der Waals surface area contributed by atoms with Crippen molar-refractivity contribution in [1.29, 1.82) is 0 Å². The van der Waals surface area contributed by atoms with Crippen LogP contribution >= 0.6 is 23.4 Å². The first-order chi connectivity index (χ1) is 15.9. The minimum absolute atomic E-state index is 0.201. The first-order valence-corrected chi connectivity index (χ1v) is 13.2. The fourth-order valence-corrected chi connectivity index (χ4v) is 6.19. The Bertz CT molecular complexity index is 1350. The molecule has 11 heteroatoms. The van der Waals surface area contributed by atoms with Crippen molar-refractivity contribution >= 4 is 56.1 Å². The summed E-state index contributed by atoms with van der Waals surface area (Å²) < 4.78 is 34.3. The fraction of sp³-hybridized carbons (Fsp3) is 0.261. The number of para-hydroxylation sites is 1. The van der Waals surface area contributed by atoms with Crippen LogP contribution in [-0.2, 0) is 10.0 Å². The summed E-state index contributed by atoms with van der Waals surface area (Å²) in [5.74, 6) is 0.428. The first-order valence-electron chi connectivity index (χ1n) is 10.3. The zero-order valence-corrected chi connectivity index (χ0v) is 21.1. The van der Waals surface area contributed by atoms with Gasteiger partial charge in [0, 0.05) is 33.3 Å². The predicted octanol–water partition coefficient (Wildman–Crippen LogP) is 5.78. The summed E-state index contributed by atoms with van der Waals surface area (Å²) in [4.78, 5) is 12.1. The van der Waals surface area contributed by atoms with Gasteiger partial charge >= 0.3 is 6.09 Å². The molecule has 1 aliphatic heterocycles. The third-order valence-corrected chi connectivity index (χ3v) is 8.40. The van der Waals surface area contributed by atoms with Crippen molar-refractivity contribution in [1.82, 2.24) is 10.4 Å². The highest BCUT2D eigenvalue weighted by Gasteiger charge is 2.45. The Morgan fingerprint density at radius 3 is 2.62 bits per heavy atom. The van der Waals surface area contributed by atoms with E-state index in [2.05, 4.69) is 10.1 Å². The summed E-state index contributed by atoms with van der Waals surface area (Å²) in [5.41, 5.74) is 2.79. The molecule has 1 atom stereocenters. The second kappa shape index (κ2) is 8.84. The minimum Gasteiger partial charge on any atom is -0.464 e. The van der Waals surface area contributed by atoms with E-state index in [-0.39, 0.29) is 10.5 Å². The molecule has 0 aliphatic carbocycles. The Hall–Kier alpha value is -2.66. The Labute approximate surface area is 207 Å². The van der Waals surface area contributed by atoms with Gasteiger partial charge in [-0.05, 0) is 35.8 Å². The number of anilines is 1. The van der Waals surface area contributed by atoms with Crippen LogP contribution in [0.3, 0.4) is 0 Å². The van der Waals surface area contributed by atoms with Gasteiger partial charge in [-0.3, -0.25) is 4.72 Å². The predicted molar refractivity (Wildman–Crippen MR) is 134 cm³/mol. The maximum absolute atomic E-state index is 13.1. The third kappa shape index (κ3) is 4.76. The van der Waals surface area contributed by atoms with Crippen molar-refractivity contribution in [3.05, 3.63) is 65.8 Å². The van der Waals surface area contributed by atoms with Gasteiger partial charge in [0.05, 0.1) is 11.2 Å². The van der Waals surface area contributed by atoms with Crippen LogP contribution in [0.1, 0.15) is 20.8 Å². The second-order valence-electron chi connectivity index (χ2n) is 8.94. The van der Waals surface area contributed by atoms with Crippen LogP contribution in [0.15, 0.2) is 75.2 Å². The van der Waals surface area contributed by atoms with E-state index in [0.29, 0.717) is 32.3 Å². The van der Waals surface area contributed by atoms with Crippen LogP contribution in [0, 0.1) is 5.41 Å². The lowest BCUT2D eigenvalue weighted by atomic mass is 9.75. The maximum Gasteiger partial charge on any atom is 0.426 e. The van der Waals surface area contributed by atoms with Crippen LogP contribution < -0.4 is 10.1 Å². The number of carbonyl (C=O) groups is 1. The van der Waals surface area contributed by atoms with E-state index in [1.807, 2.05) is 26.8 Å². The molecule has 0 saturated heterocycles. The molecule has 1 amide bonds.